The zero-order chi connectivity index (χ0) is 18.7. The highest BCUT2D eigenvalue weighted by molar-refractivity contribution is 7.07. The first-order valence-corrected chi connectivity index (χ1v) is 9.47. The van der Waals surface area contributed by atoms with Gasteiger partial charge in [-0.2, -0.15) is 10.3 Å². The Balaban J connectivity index is 1.89. The Hall–Kier alpha value is -2.43. The number of amides is 1. The Morgan fingerprint density at radius 1 is 1.54 bits per heavy atom. The summed E-state index contributed by atoms with van der Waals surface area (Å²) in [4.78, 5) is 17.0. The number of nitriles is 1. The summed E-state index contributed by atoms with van der Waals surface area (Å²) < 4.78 is 9.67. The van der Waals surface area contributed by atoms with Crippen LogP contribution in [-0.2, 0) is 23.1 Å². The smallest absolute Gasteiger partial charge is 0.290 e. The zero-order valence-corrected chi connectivity index (χ0v) is 16.0. The maximum absolute atomic E-state index is 12.4. The van der Waals surface area contributed by atoms with Crippen LogP contribution in [0.3, 0.4) is 0 Å². The molecule has 26 heavy (non-hydrogen) atoms. The van der Waals surface area contributed by atoms with Gasteiger partial charge in [0, 0.05) is 43.2 Å². The van der Waals surface area contributed by atoms with E-state index in [0.29, 0.717) is 4.80 Å². The molecular weight excluding hydrogens is 348 g/mol. The van der Waals surface area contributed by atoms with Crippen molar-refractivity contribution in [2.45, 2.75) is 39.3 Å². The van der Waals surface area contributed by atoms with E-state index in [2.05, 4.69) is 9.56 Å². The maximum Gasteiger partial charge on any atom is 0.290 e. The number of thiazole rings is 1. The first-order valence-electron chi connectivity index (χ1n) is 8.59. The fourth-order valence-electron chi connectivity index (χ4n) is 3.13. The predicted octanol–water partition coefficient (Wildman–Crippen LogP) is 2.72. The van der Waals surface area contributed by atoms with E-state index in [1.807, 2.05) is 44.6 Å². The van der Waals surface area contributed by atoms with E-state index in [0.717, 1.165) is 42.9 Å². The van der Waals surface area contributed by atoms with Gasteiger partial charge < -0.3 is 13.9 Å². The molecule has 3 rings (SSSR count). The molecule has 0 radical (unpaired) electrons. The lowest BCUT2D eigenvalue weighted by molar-refractivity contribution is -0.114. The third-order valence-corrected chi connectivity index (χ3v) is 5.48. The second-order valence-electron chi connectivity index (χ2n) is 6.46. The van der Waals surface area contributed by atoms with Crippen molar-refractivity contribution in [3.63, 3.8) is 0 Å². The highest BCUT2D eigenvalue weighted by atomic mass is 32.1. The summed E-state index contributed by atoms with van der Waals surface area (Å²) >= 11 is 1.36. The van der Waals surface area contributed by atoms with Crippen molar-refractivity contribution in [3.05, 3.63) is 45.0 Å². The number of aromatic nitrogens is 2. The third-order valence-electron chi connectivity index (χ3n) is 4.63. The van der Waals surface area contributed by atoms with Gasteiger partial charge in [0.15, 0.2) is 4.80 Å². The first-order chi connectivity index (χ1) is 12.5. The Morgan fingerprint density at radius 2 is 2.35 bits per heavy atom. The van der Waals surface area contributed by atoms with Gasteiger partial charge in [0.2, 0.25) is 0 Å². The molecule has 0 N–H and O–H groups in total. The van der Waals surface area contributed by atoms with Gasteiger partial charge in [-0.25, -0.2) is 0 Å². The Bertz CT molecular complexity index is 949. The highest BCUT2D eigenvalue weighted by Gasteiger charge is 2.19. The van der Waals surface area contributed by atoms with Crippen LogP contribution in [-0.4, -0.2) is 27.8 Å². The highest BCUT2D eigenvalue weighted by Crippen LogP contribution is 2.22. The van der Waals surface area contributed by atoms with Gasteiger partial charge >= 0.3 is 0 Å². The predicted molar refractivity (Wildman–Crippen MR) is 100 cm³/mol. The number of carbonyl (C=O) groups excluding carboxylic acids is 1. The molecule has 0 aromatic carbocycles. The minimum Gasteiger partial charge on any atom is -0.376 e. The van der Waals surface area contributed by atoms with Crippen molar-refractivity contribution in [2.24, 2.45) is 12.0 Å². The summed E-state index contributed by atoms with van der Waals surface area (Å²) in [6.45, 7) is 5.66. The summed E-state index contributed by atoms with van der Waals surface area (Å²) in [6.07, 6.45) is 5.87. The average Bonchev–Trinajstić information content (AvgIpc) is 3.32. The fraction of sp³-hybridized carbons (Fsp3) is 0.421. The molecule has 2 aromatic rings. The summed E-state index contributed by atoms with van der Waals surface area (Å²) in [6, 6.07) is 3.99. The molecule has 0 aliphatic carbocycles. The number of hydrogen-bond acceptors (Lipinski definition) is 4. The topological polar surface area (TPSA) is 72.3 Å². The molecule has 1 unspecified atom stereocenters. The number of hydrogen-bond donors (Lipinski definition) is 0. The molecule has 0 saturated carbocycles. The van der Waals surface area contributed by atoms with Gasteiger partial charge in [-0.3, -0.25) is 4.79 Å². The molecule has 136 valence electrons. The summed E-state index contributed by atoms with van der Waals surface area (Å²) in [5, 5.41) is 11.3. The molecule has 0 spiro atoms. The van der Waals surface area contributed by atoms with Crippen molar-refractivity contribution in [3.8, 4) is 6.07 Å². The van der Waals surface area contributed by atoms with Crippen LogP contribution < -0.4 is 4.80 Å². The maximum atomic E-state index is 12.4. The second-order valence-corrected chi connectivity index (χ2v) is 7.33. The first kappa shape index (κ1) is 18.4. The van der Waals surface area contributed by atoms with Crippen LogP contribution in [0, 0.1) is 25.2 Å². The molecule has 6 nitrogen and oxygen atoms in total. The summed E-state index contributed by atoms with van der Waals surface area (Å²) in [5.41, 5.74) is 3.03. The van der Waals surface area contributed by atoms with E-state index in [1.54, 1.807) is 10.6 Å². The minimum atomic E-state index is -0.519. The molecule has 1 saturated heterocycles. The fourth-order valence-corrected chi connectivity index (χ4v) is 3.85. The van der Waals surface area contributed by atoms with Crippen molar-refractivity contribution >= 4 is 23.3 Å². The number of nitrogens with zero attached hydrogens (tertiary/aromatic N) is 4. The van der Waals surface area contributed by atoms with Gasteiger partial charge in [-0.05, 0) is 44.4 Å². The van der Waals surface area contributed by atoms with E-state index in [4.69, 9.17) is 4.74 Å². The number of aryl methyl sites for hydroxylation is 2. The average molecular weight is 370 g/mol. The lowest BCUT2D eigenvalue weighted by Gasteiger charge is -2.14. The minimum absolute atomic E-state index is 0.0377. The molecular formula is C19H22N4O2S. The van der Waals surface area contributed by atoms with Crippen LogP contribution in [0.25, 0.3) is 6.08 Å². The monoisotopic (exact) mass is 370 g/mol. The van der Waals surface area contributed by atoms with Gasteiger partial charge in [0.1, 0.15) is 11.6 Å². The van der Waals surface area contributed by atoms with E-state index in [-0.39, 0.29) is 11.7 Å². The second kappa shape index (κ2) is 7.85. The van der Waals surface area contributed by atoms with Crippen LogP contribution in [0.2, 0.25) is 0 Å². The molecule has 1 fully saturated rings. The van der Waals surface area contributed by atoms with Gasteiger partial charge in [-0.15, -0.1) is 11.3 Å². The van der Waals surface area contributed by atoms with Crippen LogP contribution in [0.1, 0.15) is 29.8 Å². The zero-order valence-electron chi connectivity index (χ0n) is 15.2. The lowest BCUT2D eigenvalue weighted by atomic mass is 10.1. The van der Waals surface area contributed by atoms with E-state index in [1.165, 1.54) is 11.3 Å². The SMILES string of the molecule is Cc1cc(/C=C(\C#N)C(=O)N=c2sccn2C)c(C)n1CC1CCCO1. The molecule has 1 aliphatic rings. The standard InChI is InChI=1S/C19H22N4O2S/c1-13-9-15(14(2)23(13)12-17-5-4-7-25-17)10-16(11-20)18(24)21-19-22(3)6-8-26-19/h6,8-10,17H,4-5,7,12H2,1-3H3/b16-10+,21-19?. The Labute approximate surface area is 156 Å². The summed E-state index contributed by atoms with van der Waals surface area (Å²) in [5.74, 6) is -0.519. The molecule has 1 atom stereocenters. The van der Waals surface area contributed by atoms with Gasteiger partial charge in [-0.1, -0.05) is 0 Å². The Kier molecular flexibility index (Phi) is 5.55. The summed E-state index contributed by atoms with van der Waals surface area (Å²) in [7, 11) is 1.82. The van der Waals surface area contributed by atoms with E-state index < -0.39 is 5.91 Å². The quantitative estimate of drug-likeness (QED) is 0.614. The van der Waals surface area contributed by atoms with Crippen molar-refractivity contribution < 1.29 is 9.53 Å². The molecule has 1 amide bonds. The molecule has 1 aliphatic heterocycles. The van der Waals surface area contributed by atoms with Gasteiger partial charge in [0.25, 0.3) is 5.91 Å². The van der Waals surface area contributed by atoms with Crippen LogP contribution in [0.4, 0.5) is 0 Å². The molecule has 7 heteroatoms. The third kappa shape index (κ3) is 3.87. The van der Waals surface area contributed by atoms with Crippen molar-refractivity contribution in [2.75, 3.05) is 6.61 Å². The van der Waals surface area contributed by atoms with E-state index >= 15 is 0 Å². The van der Waals surface area contributed by atoms with E-state index in [9.17, 15) is 10.1 Å². The van der Waals surface area contributed by atoms with Crippen LogP contribution in [0.5, 0.6) is 0 Å². The number of rotatable bonds is 4. The number of carbonyl (C=O) groups is 1. The number of ether oxygens (including phenoxy) is 1. The van der Waals surface area contributed by atoms with Crippen LogP contribution in [0.15, 0.2) is 28.2 Å². The van der Waals surface area contributed by atoms with Crippen molar-refractivity contribution in [1.82, 2.24) is 9.13 Å². The molecule has 2 aromatic heterocycles. The lowest BCUT2D eigenvalue weighted by Crippen LogP contribution is -2.16. The normalized spacial score (nSPS) is 18.3. The largest absolute Gasteiger partial charge is 0.376 e. The Morgan fingerprint density at radius 3 is 2.96 bits per heavy atom. The van der Waals surface area contributed by atoms with Crippen LogP contribution >= 0.6 is 11.3 Å². The molecule has 3 heterocycles. The van der Waals surface area contributed by atoms with Gasteiger partial charge in [0.05, 0.1) is 6.10 Å². The molecule has 0 bridgehead atoms. The van der Waals surface area contributed by atoms with Crippen molar-refractivity contribution in [1.29, 1.82) is 5.26 Å².